The van der Waals surface area contributed by atoms with Crippen molar-refractivity contribution in [3.63, 3.8) is 0 Å². The van der Waals surface area contributed by atoms with E-state index in [-0.39, 0.29) is 30.7 Å². The number of hydrogen-bond donors (Lipinski definition) is 2. The molecule has 1 aromatic rings. The van der Waals surface area contributed by atoms with E-state index in [0.29, 0.717) is 23.6 Å². The standard InChI is InChI=1S/C18H23FN2O3/c19-15-11-13(14-2-4-17(23)20-18(14)24)1-3-16(15)21-8-5-12(6-9-21)7-10-22/h1,3,11-12,14,22H,2,4-10H2,(H,20,23,24). The van der Waals surface area contributed by atoms with Gasteiger partial charge in [-0.05, 0) is 49.3 Å². The number of aliphatic hydroxyl groups excluding tert-OH is 1. The van der Waals surface area contributed by atoms with Crippen LogP contribution in [0.1, 0.15) is 43.6 Å². The number of carbonyl (C=O) groups is 2. The van der Waals surface area contributed by atoms with Crippen molar-refractivity contribution in [1.82, 2.24) is 5.32 Å². The van der Waals surface area contributed by atoms with Gasteiger partial charge in [-0.1, -0.05) is 6.07 Å². The topological polar surface area (TPSA) is 69.6 Å². The summed E-state index contributed by atoms with van der Waals surface area (Å²) in [6.45, 7) is 1.76. The first-order chi connectivity index (χ1) is 11.6. The van der Waals surface area contributed by atoms with Crippen LogP contribution in [0.3, 0.4) is 0 Å². The molecule has 2 fully saturated rings. The number of carbonyl (C=O) groups excluding carboxylic acids is 2. The second kappa shape index (κ2) is 7.30. The van der Waals surface area contributed by atoms with Gasteiger partial charge in [0.15, 0.2) is 0 Å². The molecule has 2 saturated heterocycles. The molecule has 2 N–H and O–H groups in total. The largest absolute Gasteiger partial charge is 0.396 e. The van der Waals surface area contributed by atoms with Gasteiger partial charge in [0.05, 0.1) is 11.6 Å². The monoisotopic (exact) mass is 334 g/mol. The van der Waals surface area contributed by atoms with Gasteiger partial charge in [0.2, 0.25) is 11.8 Å². The predicted molar refractivity (Wildman–Crippen MR) is 88.2 cm³/mol. The minimum Gasteiger partial charge on any atom is -0.396 e. The van der Waals surface area contributed by atoms with Gasteiger partial charge in [-0.25, -0.2) is 4.39 Å². The lowest BCUT2D eigenvalue weighted by molar-refractivity contribution is -0.134. The van der Waals surface area contributed by atoms with Crippen LogP contribution in [0.4, 0.5) is 10.1 Å². The third-order valence-corrected chi connectivity index (χ3v) is 5.11. The molecule has 0 radical (unpaired) electrons. The average molecular weight is 334 g/mol. The minimum atomic E-state index is -0.457. The number of amides is 2. The summed E-state index contributed by atoms with van der Waals surface area (Å²) in [7, 11) is 0. The van der Waals surface area contributed by atoms with Crippen LogP contribution in [0.15, 0.2) is 18.2 Å². The number of aliphatic hydroxyl groups is 1. The number of imide groups is 1. The number of benzene rings is 1. The number of piperidine rings is 2. The molecule has 2 aliphatic rings. The fraction of sp³-hybridized carbons (Fsp3) is 0.556. The highest BCUT2D eigenvalue weighted by molar-refractivity contribution is 6.00. The van der Waals surface area contributed by atoms with Crippen molar-refractivity contribution in [1.29, 1.82) is 0 Å². The Morgan fingerprint density at radius 3 is 2.58 bits per heavy atom. The maximum atomic E-state index is 14.6. The van der Waals surface area contributed by atoms with Gasteiger partial charge in [0.25, 0.3) is 0 Å². The van der Waals surface area contributed by atoms with Crippen molar-refractivity contribution in [2.45, 2.75) is 38.0 Å². The van der Waals surface area contributed by atoms with Crippen molar-refractivity contribution < 1.29 is 19.1 Å². The van der Waals surface area contributed by atoms with Crippen LogP contribution in [0, 0.1) is 11.7 Å². The number of halogens is 1. The summed E-state index contributed by atoms with van der Waals surface area (Å²) in [5.74, 6) is -0.876. The lowest BCUT2D eigenvalue weighted by atomic mass is 9.90. The van der Waals surface area contributed by atoms with Gasteiger partial charge in [-0.3, -0.25) is 14.9 Å². The summed E-state index contributed by atoms with van der Waals surface area (Å²) >= 11 is 0. The van der Waals surface area contributed by atoms with Crippen LogP contribution in [-0.2, 0) is 9.59 Å². The van der Waals surface area contributed by atoms with E-state index in [2.05, 4.69) is 5.32 Å². The first-order valence-corrected chi connectivity index (χ1v) is 8.57. The Bertz CT molecular complexity index is 627. The molecule has 5 nitrogen and oxygen atoms in total. The van der Waals surface area contributed by atoms with E-state index in [1.165, 1.54) is 6.07 Å². The number of hydrogen-bond acceptors (Lipinski definition) is 4. The van der Waals surface area contributed by atoms with Gasteiger partial charge in [-0.15, -0.1) is 0 Å². The van der Waals surface area contributed by atoms with Gasteiger partial charge >= 0.3 is 0 Å². The van der Waals surface area contributed by atoms with Crippen LogP contribution in [0.2, 0.25) is 0 Å². The molecule has 0 aliphatic carbocycles. The highest BCUT2D eigenvalue weighted by Crippen LogP contribution is 2.31. The third-order valence-electron chi connectivity index (χ3n) is 5.11. The molecule has 1 unspecified atom stereocenters. The lowest BCUT2D eigenvalue weighted by Crippen LogP contribution is -2.39. The second-order valence-electron chi connectivity index (χ2n) is 6.66. The maximum absolute atomic E-state index is 14.6. The SMILES string of the molecule is O=C1CCC(c2ccc(N3CCC(CCO)CC3)c(F)c2)C(=O)N1. The van der Waals surface area contributed by atoms with Crippen LogP contribution < -0.4 is 10.2 Å². The first kappa shape index (κ1) is 16.9. The number of nitrogens with zero attached hydrogens (tertiary/aromatic N) is 1. The average Bonchev–Trinajstić information content (AvgIpc) is 2.56. The Kier molecular flexibility index (Phi) is 5.14. The smallest absolute Gasteiger partial charge is 0.234 e. The summed E-state index contributed by atoms with van der Waals surface area (Å²) in [6.07, 6.45) is 3.43. The number of nitrogens with one attached hydrogen (secondary N) is 1. The van der Waals surface area contributed by atoms with Crippen molar-refractivity contribution in [2.75, 3.05) is 24.6 Å². The first-order valence-electron chi connectivity index (χ1n) is 8.57. The van der Waals surface area contributed by atoms with Gasteiger partial charge in [0, 0.05) is 26.1 Å². The molecule has 0 aromatic heterocycles. The Labute approximate surface area is 140 Å². The summed E-state index contributed by atoms with van der Waals surface area (Å²) in [6, 6.07) is 4.95. The molecular formula is C18H23FN2O3. The quantitative estimate of drug-likeness (QED) is 0.826. The van der Waals surface area contributed by atoms with Crippen molar-refractivity contribution in [3.05, 3.63) is 29.6 Å². The fourth-order valence-corrected chi connectivity index (χ4v) is 3.65. The van der Waals surface area contributed by atoms with Crippen molar-refractivity contribution >= 4 is 17.5 Å². The van der Waals surface area contributed by atoms with E-state index < -0.39 is 5.92 Å². The number of anilines is 1. The molecule has 2 aliphatic heterocycles. The molecule has 2 heterocycles. The molecule has 1 aromatic carbocycles. The van der Waals surface area contributed by atoms with E-state index in [1.54, 1.807) is 12.1 Å². The minimum absolute atomic E-state index is 0.208. The van der Waals surface area contributed by atoms with E-state index in [4.69, 9.17) is 5.11 Å². The molecular weight excluding hydrogens is 311 g/mol. The fourth-order valence-electron chi connectivity index (χ4n) is 3.65. The number of rotatable bonds is 4. The second-order valence-corrected chi connectivity index (χ2v) is 6.66. The summed E-state index contributed by atoms with van der Waals surface area (Å²) in [5, 5.41) is 11.3. The maximum Gasteiger partial charge on any atom is 0.234 e. The van der Waals surface area contributed by atoms with Gasteiger partial charge in [-0.2, -0.15) is 0 Å². The van der Waals surface area contributed by atoms with Crippen LogP contribution in [-0.4, -0.2) is 36.6 Å². The molecule has 2 amide bonds. The Morgan fingerprint density at radius 1 is 1.21 bits per heavy atom. The molecule has 24 heavy (non-hydrogen) atoms. The Balaban J connectivity index is 1.69. The zero-order chi connectivity index (χ0) is 17.1. The molecule has 3 rings (SSSR count). The third kappa shape index (κ3) is 3.59. The molecule has 0 spiro atoms. The van der Waals surface area contributed by atoms with Crippen molar-refractivity contribution in [3.8, 4) is 0 Å². The van der Waals surface area contributed by atoms with Gasteiger partial charge in [0.1, 0.15) is 5.82 Å². The molecule has 0 bridgehead atoms. The Morgan fingerprint density at radius 2 is 1.96 bits per heavy atom. The summed E-state index contributed by atoms with van der Waals surface area (Å²) in [4.78, 5) is 25.2. The zero-order valence-electron chi connectivity index (χ0n) is 13.6. The highest BCUT2D eigenvalue weighted by atomic mass is 19.1. The zero-order valence-corrected chi connectivity index (χ0v) is 13.6. The predicted octanol–water partition coefficient (Wildman–Crippen LogP) is 1.94. The van der Waals surface area contributed by atoms with Crippen LogP contribution in [0.5, 0.6) is 0 Å². The summed E-state index contributed by atoms with van der Waals surface area (Å²) < 4.78 is 14.6. The van der Waals surface area contributed by atoms with E-state index in [9.17, 15) is 14.0 Å². The van der Waals surface area contributed by atoms with E-state index >= 15 is 0 Å². The van der Waals surface area contributed by atoms with Crippen LogP contribution >= 0.6 is 0 Å². The lowest BCUT2D eigenvalue weighted by Gasteiger charge is -2.34. The summed E-state index contributed by atoms with van der Waals surface area (Å²) in [5.41, 5.74) is 1.19. The van der Waals surface area contributed by atoms with E-state index in [0.717, 1.165) is 32.4 Å². The molecule has 6 heteroatoms. The van der Waals surface area contributed by atoms with Crippen LogP contribution in [0.25, 0.3) is 0 Å². The van der Waals surface area contributed by atoms with Gasteiger partial charge < -0.3 is 10.0 Å². The van der Waals surface area contributed by atoms with Crippen molar-refractivity contribution in [2.24, 2.45) is 5.92 Å². The molecule has 130 valence electrons. The normalized spacial score (nSPS) is 22.6. The van der Waals surface area contributed by atoms with E-state index in [1.807, 2.05) is 4.90 Å². The molecule has 0 saturated carbocycles. The molecule has 1 atom stereocenters. The Hall–Kier alpha value is -1.95. The highest BCUT2D eigenvalue weighted by Gasteiger charge is 2.29.